The van der Waals surface area contributed by atoms with Gasteiger partial charge >= 0.3 is 18.0 Å². The van der Waals surface area contributed by atoms with Crippen LogP contribution in [0.1, 0.15) is 0 Å². The molecular weight excluding hydrogens is 563 g/mol. The molecule has 4 aromatic rings. The Morgan fingerprint density at radius 1 is 0.634 bits per heavy atom. The summed E-state index contributed by atoms with van der Waals surface area (Å²) in [6.07, 6.45) is 0. The molecule has 5 rings (SSSR count). The monoisotopic (exact) mass is 588 g/mol. The van der Waals surface area contributed by atoms with E-state index in [0.29, 0.717) is 32.8 Å². The van der Waals surface area contributed by atoms with Crippen molar-refractivity contribution in [2.24, 2.45) is 0 Å². The summed E-state index contributed by atoms with van der Waals surface area (Å²) < 4.78 is 0. The molecule has 0 radical (unpaired) electrons. The Morgan fingerprint density at radius 3 is 1.56 bits per heavy atom. The van der Waals surface area contributed by atoms with Gasteiger partial charge in [-0.15, -0.1) is 0 Å². The highest BCUT2D eigenvalue weighted by Crippen LogP contribution is 2.32. The van der Waals surface area contributed by atoms with Crippen molar-refractivity contribution in [3.8, 4) is 0 Å². The van der Waals surface area contributed by atoms with Crippen LogP contribution in [0.15, 0.2) is 109 Å². The summed E-state index contributed by atoms with van der Waals surface area (Å²) in [6.45, 7) is -0.0813. The van der Waals surface area contributed by atoms with Gasteiger partial charge in [-0.2, -0.15) is 0 Å². The van der Waals surface area contributed by atoms with Crippen molar-refractivity contribution >= 4 is 64.0 Å². The standard InChI is InChI=1S/C31H26Cl2N4O4/c32-22-9-7-15-26(19-22)36(24-11-3-1-4-12-24)30(40)34-17-18-35(28(21-34)29(38)39)31(41)37(25-13-5-2-6-14-25)27-16-8-10-23(33)20-27/h1-16,19-20,28H,17-18,21H2,(H,38,39)/t28-/m0/s1. The Bertz CT molecular complexity index is 1550. The molecule has 1 saturated heterocycles. The normalized spacial score (nSPS) is 14.8. The third-order valence-electron chi connectivity index (χ3n) is 6.73. The average Bonchev–Trinajstić information content (AvgIpc) is 2.98. The molecule has 0 bridgehead atoms. The maximum absolute atomic E-state index is 14.0. The van der Waals surface area contributed by atoms with Gasteiger partial charge in [-0.3, -0.25) is 9.80 Å². The second kappa shape index (κ2) is 12.3. The number of hydrogen-bond acceptors (Lipinski definition) is 3. The van der Waals surface area contributed by atoms with E-state index in [1.807, 2.05) is 24.3 Å². The third kappa shape index (κ3) is 6.14. The number of carboxylic acid groups (broad SMARTS) is 1. The van der Waals surface area contributed by atoms with Crippen LogP contribution in [0.2, 0.25) is 10.0 Å². The van der Waals surface area contributed by atoms with Crippen LogP contribution in [0.4, 0.5) is 32.3 Å². The van der Waals surface area contributed by atoms with Crippen LogP contribution in [0, 0.1) is 0 Å². The van der Waals surface area contributed by atoms with Crippen LogP contribution in [0.25, 0.3) is 0 Å². The van der Waals surface area contributed by atoms with Gasteiger partial charge in [-0.05, 0) is 60.7 Å². The van der Waals surface area contributed by atoms with Crippen molar-refractivity contribution in [1.82, 2.24) is 9.80 Å². The molecule has 0 spiro atoms. The van der Waals surface area contributed by atoms with E-state index in [9.17, 15) is 19.5 Å². The zero-order chi connectivity index (χ0) is 28.9. The molecule has 1 heterocycles. The van der Waals surface area contributed by atoms with Crippen molar-refractivity contribution in [2.45, 2.75) is 6.04 Å². The Kier molecular flexibility index (Phi) is 8.42. The number of carbonyl (C=O) groups is 3. The van der Waals surface area contributed by atoms with Gasteiger partial charge in [0.25, 0.3) is 0 Å². The summed E-state index contributed by atoms with van der Waals surface area (Å²) in [6, 6.07) is 29.4. The van der Waals surface area contributed by atoms with E-state index < -0.39 is 24.1 Å². The molecule has 1 atom stereocenters. The molecule has 208 valence electrons. The van der Waals surface area contributed by atoms with Crippen molar-refractivity contribution in [2.75, 3.05) is 29.4 Å². The van der Waals surface area contributed by atoms with Gasteiger partial charge in [0, 0.05) is 23.1 Å². The Hall–Kier alpha value is -4.53. The Balaban J connectivity index is 1.45. The van der Waals surface area contributed by atoms with E-state index in [1.165, 1.54) is 19.6 Å². The smallest absolute Gasteiger partial charge is 0.329 e. The van der Waals surface area contributed by atoms with Gasteiger partial charge in [-0.1, -0.05) is 71.7 Å². The molecule has 1 fully saturated rings. The van der Waals surface area contributed by atoms with Gasteiger partial charge < -0.3 is 14.9 Å². The lowest BCUT2D eigenvalue weighted by molar-refractivity contribution is -0.143. The first-order chi connectivity index (χ1) is 19.8. The molecule has 0 unspecified atom stereocenters. The first kappa shape index (κ1) is 28.0. The molecule has 1 aliphatic heterocycles. The summed E-state index contributed by atoms with van der Waals surface area (Å²) in [7, 11) is 0. The lowest BCUT2D eigenvalue weighted by atomic mass is 10.1. The number of anilines is 4. The predicted molar refractivity (Wildman–Crippen MR) is 161 cm³/mol. The SMILES string of the molecule is O=C(O)[C@@H]1CN(C(=O)N(c2ccccc2)c2cccc(Cl)c2)CCN1C(=O)N(c1ccccc1)c1cccc(Cl)c1. The molecule has 0 saturated carbocycles. The molecule has 1 N–H and O–H groups in total. The van der Waals surface area contributed by atoms with E-state index in [4.69, 9.17) is 23.2 Å². The average molecular weight is 589 g/mol. The van der Waals surface area contributed by atoms with Crippen LogP contribution >= 0.6 is 23.2 Å². The minimum atomic E-state index is -1.29. The van der Waals surface area contributed by atoms with Gasteiger partial charge in [0.05, 0.1) is 29.3 Å². The molecule has 4 aromatic carbocycles. The molecule has 4 amide bonds. The number of amides is 4. The van der Waals surface area contributed by atoms with Crippen LogP contribution in [0.5, 0.6) is 0 Å². The minimum Gasteiger partial charge on any atom is -0.480 e. The molecule has 41 heavy (non-hydrogen) atoms. The van der Waals surface area contributed by atoms with Crippen LogP contribution in [0.3, 0.4) is 0 Å². The fraction of sp³-hybridized carbons (Fsp3) is 0.129. The number of rotatable bonds is 5. The number of carboxylic acids is 1. The second-order valence-corrected chi connectivity index (χ2v) is 10.2. The zero-order valence-electron chi connectivity index (χ0n) is 21.8. The highest BCUT2D eigenvalue weighted by molar-refractivity contribution is 6.31. The number of carbonyl (C=O) groups excluding carboxylic acids is 2. The quantitative estimate of drug-likeness (QED) is 0.265. The number of piperazine rings is 1. The van der Waals surface area contributed by atoms with E-state index in [0.717, 1.165) is 0 Å². The number of aliphatic carboxylic acids is 1. The summed E-state index contributed by atoms with van der Waals surface area (Å²) in [4.78, 5) is 46.2. The maximum Gasteiger partial charge on any atom is 0.329 e. The molecule has 1 aliphatic rings. The fourth-order valence-electron chi connectivity index (χ4n) is 4.79. The number of urea groups is 2. The number of nitrogens with zero attached hydrogens (tertiary/aromatic N) is 4. The van der Waals surface area contributed by atoms with Gasteiger partial charge in [0.2, 0.25) is 0 Å². The molecule has 0 aromatic heterocycles. The van der Waals surface area contributed by atoms with E-state index >= 15 is 0 Å². The Labute approximate surface area is 247 Å². The topological polar surface area (TPSA) is 84.4 Å². The van der Waals surface area contributed by atoms with E-state index in [-0.39, 0.29) is 19.6 Å². The van der Waals surface area contributed by atoms with Crippen molar-refractivity contribution in [3.63, 3.8) is 0 Å². The molecular formula is C31H26Cl2N4O4. The van der Waals surface area contributed by atoms with E-state index in [2.05, 4.69) is 0 Å². The number of halogens is 2. The van der Waals surface area contributed by atoms with Crippen molar-refractivity contribution in [1.29, 1.82) is 0 Å². The summed E-state index contributed by atoms with van der Waals surface area (Å²) in [5.41, 5.74) is 2.18. The highest BCUT2D eigenvalue weighted by Gasteiger charge is 2.41. The highest BCUT2D eigenvalue weighted by atomic mass is 35.5. The number of benzene rings is 4. The van der Waals surface area contributed by atoms with Gasteiger partial charge in [0.15, 0.2) is 0 Å². The van der Waals surface area contributed by atoms with E-state index in [1.54, 1.807) is 84.9 Å². The largest absolute Gasteiger partial charge is 0.480 e. The number of para-hydroxylation sites is 2. The maximum atomic E-state index is 14.0. The first-order valence-corrected chi connectivity index (χ1v) is 13.6. The summed E-state index contributed by atoms with van der Waals surface area (Å²) in [5, 5.41) is 11.1. The van der Waals surface area contributed by atoms with Crippen LogP contribution < -0.4 is 9.80 Å². The lowest BCUT2D eigenvalue weighted by Gasteiger charge is -2.42. The summed E-state index contributed by atoms with van der Waals surface area (Å²) >= 11 is 12.5. The third-order valence-corrected chi connectivity index (χ3v) is 7.20. The van der Waals surface area contributed by atoms with Gasteiger partial charge in [0.1, 0.15) is 6.04 Å². The van der Waals surface area contributed by atoms with Crippen molar-refractivity contribution in [3.05, 3.63) is 119 Å². The lowest BCUT2D eigenvalue weighted by Crippen LogP contribution is -2.62. The molecule has 10 heteroatoms. The number of hydrogen-bond donors (Lipinski definition) is 1. The Morgan fingerprint density at radius 2 is 1.10 bits per heavy atom. The van der Waals surface area contributed by atoms with Crippen LogP contribution in [-0.4, -0.2) is 58.6 Å². The summed E-state index contributed by atoms with van der Waals surface area (Å²) in [5.74, 6) is -1.22. The first-order valence-electron chi connectivity index (χ1n) is 12.9. The zero-order valence-corrected chi connectivity index (χ0v) is 23.3. The van der Waals surface area contributed by atoms with Crippen molar-refractivity contribution < 1.29 is 19.5 Å². The predicted octanol–water partition coefficient (Wildman–Crippen LogP) is 7.28. The van der Waals surface area contributed by atoms with Crippen LogP contribution in [-0.2, 0) is 4.79 Å². The van der Waals surface area contributed by atoms with Gasteiger partial charge in [-0.25, -0.2) is 14.4 Å². The fourth-order valence-corrected chi connectivity index (χ4v) is 5.16. The molecule has 0 aliphatic carbocycles. The second-order valence-electron chi connectivity index (χ2n) is 9.36. The minimum absolute atomic E-state index is 0.00359. The molecule has 8 nitrogen and oxygen atoms in total.